The van der Waals surface area contributed by atoms with Crippen LogP contribution in [0, 0.1) is 13.8 Å². The van der Waals surface area contributed by atoms with E-state index >= 15 is 0 Å². The first-order valence-corrected chi connectivity index (χ1v) is 11.5. The molecule has 1 N–H and O–H groups in total. The lowest BCUT2D eigenvalue weighted by atomic mass is 10.1. The number of hydrogen-bond acceptors (Lipinski definition) is 7. The summed E-state index contributed by atoms with van der Waals surface area (Å²) in [5, 5.41) is 9.93. The van der Waals surface area contributed by atoms with Gasteiger partial charge in [-0.3, -0.25) is 0 Å². The Bertz CT molecular complexity index is 1310. The summed E-state index contributed by atoms with van der Waals surface area (Å²) in [5.41, 5.74) is 4.61. The molecule has 7 nitrogen and oxygen atoms in total. The molecule has 0 saturated carbocycles. The van der Waals surface area contributed by atoms with E-state index < -0.39 is 5.97 Å². The largest absolute Gasteiger partial charge is 0.493 e. The van der Waals surface area contributed by atoms with Gasteiger partial charge in [-0.1, -0.05) is 23.9 Å². The SMILES string of the molecule is COc1ccc(-c2cc(CSc3nc(C)cc(C)n3)c(-c3ccc(C(=O)O)cc3)o2)cc1OC. The molecule has 0 fully saturated rings. The van der Waals surface area contributed by atoms with Crippen molar-refractivity contribution in [3.63, 3.8) is 0 Å². The van der Waals surface area contributed by atoms with Gasteiger partial charge in [0.15, 0.2) is 16.7 Å². The van der Waals surface area contributed by atoms with Gasteiger partial charge in [0.05, 0.1) is 19.8 Å². The zero-order chi connectivity index (χ0) is 24.2. The van der Waals surface area contributed by atoms with Crippen molar-refractivity contribution in [2.45, 2.75) is 24.8 Å². The molecular formula is C26H24N2O5S. The number of nitrogens with zero attached hydrogens (tertiary/aromatic N) is 2. The number of hydrogen-bond donors (Lipinski definition) is 1. The van der Waals surface area contributed by atoms with E-state index in [0.29, 0.717) is 33.9 Å². The zero-order valence-electron chi connectivity index (χ0n) is 19.3. The Balaban J connectivity index is 1.73. The molecule has 0 amide bonds. The van der Waals surface area contributed by atoms with Crippen molar-refractivity contribution in [1.82, 2.24) is 9.97 Å². The van der Waals surface area contributed by atoms with Gasteiger partial charge in [0.1, 0.15) is 11.5 Å². The average Bonchev–Trinajstić information content (AvgIpc) is 3.26. The minimum Gasteiger partial charge on any atom is -0.493 e. The third-order valence-corrected chi connectivity index (χ3v) is 6.09. The van der Waals surface area contributed by atoms with Crippen LogP contribution in [-0.2, 0) is 5.75 Å². The number of carboxylic acid groups (broad SMARTS) is 1. The number of ether oxygens (including phenoxy) is 2. The predicted octanol–water partition coefficient (Wildman–Crippen LogP) is 6.03. The third-order valence-electron chi connectivity index (χ3n) is 5.19. The first kappa shape index (κ1) is 23.4. The molecule has 4 rings (SSSR count). The zero-order valence-corrected chi connectivity index (χ0v) is 20.1. The molecule has 0 aliphatic rings. The lowest BCUT2D eigenvalue weighted by Gasteiger charge is -2.08. The first-order chi connectivity index (χ1) is 16.4. The topological polar surface area (TPSA) is 94.7 Å². The highest BCUT2D eigenvalue weighted by atomic mass is 32.2. The van der Waals surface area contributed by atoms with E-state index in [9.17, 15) is 9.90 Å². The van der Waals surface area contributed by atoms with Crippen molar-refractivity contribution >= 4 is 17.7 Å². The van der Waals surface area contributed by atoms with Crippen molar-refractivity contribution in [2.24, 2.45) is 0 Å². The number of furan rings is 1. The quantitative estimate of drug-likeness (QED) is 0.243. The summed E-state index contributed by atoms with van der Waals surface area (Å²) >= 11 is 1.52. The molecule has 0 saturated heterocycles. The molecule has 0 atom stereocenters. The number of aromatic carboxylic acids is 1. The Labute approximate surface area is 201 Å². The smallest absolute Gasteiger partial charge is 0.335 e. The van der Waals surface area contributed by atoms with Gasteiger partial charge in [-0.25, -0.2) is 14.8 Å². The van der Waals surface area contributed by atoms with Gasteiger partial charge in [0, 0.05) is 33.8 Å². The molecule has 2 aromatic heterocycles. The number of aromatic nitrogens is 2. The summed E-state index contributed by atoms with van der Waals surface area (Å²) in [7, 11) is 3.18. The van der Waals surface area contributed by atoms with E-state index in [1.54, 1.807) is 38.5 Å². The van der Waals surface area contributed by atoms with Crippen LogP contribution in [0.5, 0.6) is 11.5 Å². The average molecular weight is 477 g/mol. The highest BCUT2D eigenvalue weighted by Gasteiger charge is 2.18. The molecule has 0 aliphatic heterocycles. The minimum absolute atomic E-state index is 0.218. The molecule has 0 aliphatic carbocycles. The number of methoxy groups -OCH3 is 2. The van der Waals surface area contributed by atoms with Gasteiger partial charge < -0.3 is 19.0 Å². The fraction of sp³-hybridized carbons (Fsp3) is 0.192. The summed E-state index contributed by atoms with van der Waals surface area (Å²) in [5.74, 6) is 2.16. The Morgan fingerprint density at radius 3 is 2.18 bits per heavy atom. The molecule has 2 heterocycles. The van der Waals surface area contributed by atoms with Crippen LogP contribution in [-0.4, -0.2) is 35.3 Å². The van der Waals surface area contributed by atoms with E-state index in [1.165, 1.54) is 11.8 Å². The normalized spacial score (nSPS) is 10.8. The molecule has 2 aromatic carbocycles. The second-order valence-corrected chi connectivity index (χ2v) is 8.58. The van der Waals surface area contributed by atoms with E-state index in [1.807, 2.05) is 44.2 Å². The summed E-state index contributed by atoms with van der Waals surface area (Å²) in [6.45, 7) is 3.89. The summed E-state index contributed by atoms with van der Waals surface area (Å²) in [6.07, 6.45) is 0. The van der Waals surface area contributed by atoms with Crippen LogP contribution in [0.15, 0.2) is 64.2 Å². The summed E-state index contributed by atoms with van der Waals surface area (Å²) in [6, 6.07) is 16.2. The second-order valence-electron chi connectivity index (χ2n) is 7.64. The first-order valence-electron chi connectivity index (χ1n) is 10.5. The predicted molar refractivity (Wildman–Crippen MR) is 131 cm³/mol. The third kappa shape index (κ3) is 5.07. The van der Waals surface area contributed by atoms with Crippen LogP contribution in [0.4, 0.5) is 0 Å². The maximum atomic E-state index is 11.3. The molecule has 0 bridgehead atoms. The Morgan fingerprint density at radius 1 is 0.912 bits per heavy atom. The number of thioether (sulfide) groups is 1. The second kappa shape index (κ2) is 10.0. The van der Waals surface area contributed by atoms with Gasteiger partial charge in [-0.2, -0.15) is 0 Å². The number of carbonyl (C=O) groups is 1. The number of benzene rings is 2. The maximum absolute atomic E-state index is 11.3. The Kier molecular flexibility index (Phi) is 6.88. The Morgan fingerprint density at radius 2 is 1.56 bits per heavy atom. The highest BCUT2D eigenvalue weighted by Crippen LogP contribution is 2.38. The van der Waals surface area contributed by atoms with Gasteiger partial charge in [0.25, 0.3) is 0 Å². The molecule has 0 unspecified atom stereocenters. The molecule has 174 valence electrons. The lowest BCUT2D eigenvalue weighted by molar-refractivity contribution is 0.0697. The van der Waals surface area contributed by atoms with Gasteiger partial charge >= 0.3 is 5.97 Å². The van der Waals surface area contributed by atoms with Crippen LogP contribution in [0.25, 0.3) is 22.6 Å². The maximum Gasteiger partial charge on any atom is 0.335 e. The molecule has 0 spiro atoms. The van der Waals surface area contributed by atoms with Gasteiger partial charge in [-0.05, 0) is 56.3 Å². The molecule has 0 radical (unpaired) electrons. The van der Waals surface area contributed by atoms with E-state index in [0.717, 1.165) is 28.1 Å². The molecule has 8 heteroatoms. The van der Waals surface area contributed by atoms with E-state index in [4.69, 9.17) is 13.9 Å². The van der Waals surface area contributed by atoms with Crippen molar-refractivity contribution in [3.8, 4) is 34.1 Å². The van der Waals surface area contributed by atoms with E-state index in [-0.39, 0.29) is 5.56 Å². The monoisotopic (exact) mass is 476 g/mol. The van der Waals surface area contributed by atoms with Crippen LogP contribution >= 0.6 is 11.8 Å². The van der Waals surface area contributed by atoms with Crippen LogP contribution < -0.4 is 9.47 Å². The fourth-order valence-corrected chi connectivity index (χ4v) is 4.49. The van der Waals surface area contributed by atoms with E-state index in [2.05, 4.69) is 9.97 Å². The molecule has 4 aromatic rings. The van der Waals surface area contributed by atoms with Crippen molar-refractivity contribution in [3.05, 3.63) is 77.1 Å². The number of aryl methyl sites for hydroxylation is 2. The van der Waals surface area contributed by atoms with Crippen LogP contribution in [0.2, 0.25) is 0 Å². The van der Waals surface area contributed by atoms with Crippen molar-refractivity contribution in [2.75, 3.05) is 14.2 Å². The standard InChI is InChI=1S/C26H24N2O5S/c1-15-11-16(2)28-26(27-15)34-14-20-13-22(19-9-10-21(31-3)23(12-19)32-4)33-24(20)17-5-7-18(8-6-17)25(29)30/h5-13H,14H2,1-4H3,(H,29,30). The lowest BCUT2D eigenvalue weighted by Crippen LogP contribution is -1.95. The number of rotatable bonds is 8. The summed E-state index contributed by atoms with van der Waals surface area (Å²) in [4.78, 5) is 20.3. The summed E-state index contributed by atoms with van der Waals surface area (Å²) < 4.78 is 17.1. The van der Waals surface area contributed by atoms with Crippen LogP contribution in [0.3, 0.4) is 0 Å². The van der Waals surface area contributed by atoms with Crippen molar-refractivity contribution in [1.29, 1.82) is 0 Å². The van der Waals surface area contributed by atoms with Crippen LogP contribution in [0.1, 0.15) is 27.3 Å². The minimum atomic E-state index is -0.972. The van der Waals surface area contributed by atoms with Gasteiger partial charge in [0.2, 0.25) is 0 Å². The fourth-order valence-electron chi connectivity index (χ4n) is 3.58. The Hall–Kier alpha value is -3.78. The number of carboxylic acids is 1. The molecular weight excluding hydrogens is 452 g/mol. The molecule has 34 heavy (non-hydrogen) atoms. The van der Waals surface area contributed by atoms with Gasteiger partial charge in [-0.15, -0.1) is 0 Å². The highest BCUT2D eigenvalue weighted by molar-refractivity contribution is 7.98. The van der Waals surface area contributed by atoms with Crippen molar-refractivity contribution < 1.29 is 23.8 Å².